The molecule has 0 N–H and O–H groups in total. The van der Waals surface area contributed by atoms with Crippen molar-refractivity contribution in [3.05, 3.63) is 35.9 Å². The highest BCUT2D eigenvalue weighted by molar-refractivity contribution is 5.74. The van der Waals surface area contributed by atoms with Crippen LogP contribution in [0, 0.1) is 11.8 Å². The maximum atomic E-state index is 11.6. The predicted octanol–water partition coefficient (Wildman–Crippen LogP) is 2.62. The summed E-state index contributed by atoms with van der Waals surface area (Å²) in [6, 6.07) is 10.3. The van der Waals surface area contributed by atoms with Crippen LogP contribution in [0.1, 0.15) is 26.3 Å². The summed E-state index contributed by atoms with van der Waals surface area (Å²) in [6.07, 6.45) is 0. The number of hydroxylamine groups is 2. The SMILES string of the molecule is CC(C)[C@@H]1[C@H](C)C(=O)ON1Cc1ccccc1. The maximum absolute atomic E-state index is 11.6. The minimum atomic E-state index is -0.111. The van der Waals surface area contributed by atoms with Crippen LogP contribution in [0.5, 0.6) is 0 Å². The lowest BCUT2D eigenvalue weighted by molar-refractivity contribution is -0.180. The normalized spacial score (nSPS) is 25.3. The summed E-state index contributed by atoms with van der Waals surface area (Å²) < 4.78 is 0. The zero-order chi connectivity index (χ0) is 12.4. The van der Waals surface area contributed by atoms with Crippen LogP contribution in [-0.4, -0.2) is 17.1 Å². The molecule has 1 aliphatic heterocycles. The molecule has 2 rings (SSSR count). The molecule has 0 aliphatic carbocycles. The highest BCUT2D eigenvalue weighted by Crippen LogP contribution is 2.29. The van der Waals surface area contributed by atoms with E-state index in [2.05, 4.69) is 13.8 Å². The molecule has 1 heterocycles. The van der Waals surface area contributed by atoms with E-state index in [0.717, 1.165) is 0 Å². The number of rotatable bonds is 3. The molecule has 1 saturated heterocycles. The molecule has 3 nitrogen and oxygen atoms in total. The van der Waals surface area contributed by atoms with Gasteiger partial charge >= 0.3 is 5.97 Å². The third kappa shape index (κ3) is 2.50. The molecule has 1 aromatic carbocycles. The van der Waals surface area contributed by atoms with Gasteiger partial charge in [0.25, 0.3) is 0 Å². The van der Waals surface area contributed by atoms with Gasteiger partial charge in [-0.1, -0.05) is 51.1 Å². The topological polar surface area (TPSA) is 29.5 Å². The summed E-state index contributed by atoms with van der Waals surface area (Å²) in [5.74, 6) is 0.249. The molecular weight excluding hydrogens is 214 g/mol. The second-order valence-electron chi connectivity index (χ2n) is 4.99. The largest absolute Gasteiger partial charge is 0.367 e. The van der Waals surface area contributed by atoms with Gasteiger partial charge in [0, 0.05) is 0 Å². The second kappa shape index (κ2) is 4.88. The van der Waals surface area contributed by atoms with Gasteiger partial charge in [-0.25, -0.2) is 4.79 Å². The van der Waals surface area contributed by atoms with Crippen molar-refractivity contribution >= 4 is 5.97 Å². The van der Waals surface area contributed by atoms with E-state index in [9.17, 15) is 4.79 Å². The van der Waals surface area contributed by atoms with Gasteiger partial charge in [-0.2, -0.15) is 0 Å². The lowest BCUT2D eigenvalue weighted by Gasteiger charge is -2.25. The first-order valence-electron chi connectivity index (χ1n) is 6.12. The Balaban J connectivity index is 2.12. The number of hydrogen-bond acceptors (Lipinski definition) is 3. The molecule has 3 heteroatoms. The molecule has 0 unspecified atom stereocenters. The fourth-order valence-corrected chi connectivity index (χ4v) is 2.46. The van der Waals surface area contributed by atoms with Crippen LogP contribution in [0.25, 0.3) is 0 Å². The van der Waals surface area contributed by atoms with Crippen molar-refractivity contribution < 1.29 is 9.63 Å². The van der Waals surface area contributed by atoms with Crippen molar-refractivity contribution in [2.45, 2.75) is 33.4 Å². The van der Waals surface area contributed by atoms with E-state index >= 15 is 0 Å². The minimum absolute atomic E-state index is 0.0429. The monoisotopic (exact) mass is 233 g/mol. The molecule has 1 fully saturated rings. The first-order valence-corrected chi connectivity index (χ1v) is 6.12. The third-order valence-electron chi connectivity index (χ3n) is 3.29. The average molecular weight is 233 g/mol. The van der Waals surface area contributed by atoms with E-state index in [1.165, 1.54) is 5.56 Å². The van der Waals surface area contributed by atoms with E-state index in [0.29, 0.717) is 12.5 Å². The zero-order valence-corrected chi connectivity index (χ0v) is 10.6. The van der Waals surface area contributed by atoms with Gasteiger partial charge < -0.3 is 4.84 Å². The first-order chi connectivity index (χ1) is 8.09. The maximum Gasteiger partial charge on any atom is 0.329 e. The molecule has 1 aliphatic rings. The molecule has 1 aromatic rings. The molecule has 17 heavy (non-hydrogen) atoms. The quantitative estimate of drug-likeness (QED) is 0.803. The number of hydrogen-bond donors (Lipinski definition) is 0. The Labute approximate surface area is 102 Å². The van der Waals surface area contributed by atoms with Gasteiger partial charge in [-0.05, 0) is 11.5 Å². The van der Waals surface area contributed by atoms with Gasteiger partial charge in [-0.3, -0.25) is 0 Å². The summed E-state index contributed by atoms with van der Waals surface area (Å²) in [6.45, 7) is 6.86. The molecule has 2 atom stereocenters. The second-order valence-corrected chi connectivity index (χ2v) is 4.99. The van der Waals surface area contributed by atoms with Crippen molar-refractivity contribution in [1.29, 1.82) is 0 Å². The number of nitrogens with zero attached hydrogens (tertiary/aromatic N) is 1. The van der Waals surface area contributed by atoms with Crippen molar-refractivity contribution in [2.75, 3.05) is 0 Å². The number of carbonyl (C=O) groups excluding carboxylic acids is 1. The molecule has 0 saturated carbocycles. The van der Waals surface area contributed by atoms with Crippen molar-refractivity contribution in [3.63, 3.8) is 0 Å². The molecule has 0 amide bonds. The van der Waals surface area contributed by atoms with Gasteiger partial charge in [0.1, 0.15) is 0 Å². The molecular formula is C14H19NO2. The zero-order valence-electron chi connectivity index (χ0n) is 10.6. The van der Waals surface area contributed by atoms with Crippen molar-refractivity contribution in [3.8, 4) is 0 Å². The molecule has 0 radical (unpaired) electrons. The molecule has 92 valence electrons. The summed E-state index contributed by atoms with van der Waals surface area (Å²) in [7, 11) is 0. The summed E-state index contributed by atoms with van der Waals surface area (Å²) in [5, 5.41) is 1.83. The van der Waals surface area contributed by atoms with Crippen molar-refractivity contribution in [1.82, 2.24) is 5.06 Å². The van der Waals surface area contributed by atoms with Crippen LogP contribution < -0.4 is 0 Å². The lowest BCUT2D eigenvalue weighted by atomic mass is 9.92. The third-order valence-corrected chi connectivity index (χ3v) is 3.29. The van der Waals surface area contributed by atoms with E-state index < -0.39 is 0 Å². The van der Waals surface area contributed by atoms with Crippen LogP contribution in [0.15, 0.2) is 30.3 Å². The van der Waals surface area contributed by atoms with Crippen LogP contribution in [-0.2, 0) is 16.2 Å². The van der Waals surface area contributed by atoms with Crippen LogP contribution >= 0.6 is 0 Å². The Hall–Kier alpha value is -1.35. The van der Waals surface area contributed by atoms with Gasteiger partial charge in [0.15, 0.2) is 0 Å². The Bertz CT molecular complexity index is 388. The predicted molar refractivity (Wildman–Crippen MR) is 65.9 cm³/mol. The Morgan fingerprint density at radius 2 is 1.94 bits per heavy atom. The van der Waals surface area contributed by atoms with Crippen LogP contribution in [0.4, 0.5) is 0 Å². The van der Waals surface area contributed by atoms with E-state index in [4.69, 9.17) is 4.84 Å². The fraction of sp³-hybridized carbons (Fsp3) is 0.500. The summed E-state index contributed by atoms with van der Waals surface area (Å²) in [4.78, 5) is 17.0. The van der Waals surface area contributed by atoms with E-state index in [1.807, 2.05) is 42.3 Å². The average Bonchev–Trinajstić information content (AvgIpc) is 2.56. The summed E-state index contributed by atoms with van der Waals surface area (Å²) in [5.41, 5.74) is 1.17. The number of carbonyl (C=O) groups is 1. The highest BCUT2D eigenvalue weighted by Gasteiger charge is 2.41. The lowest BCUT2D eigenvalue weighted by Crippen LogP contribution is -2.35. The standard InChI is InChI=1S/C14H19NO2/c1-10(2)13-11(3)14(16)17-15(13)9-12-7-5-4-6-8-12/h4-8,10-11,13H,9H2,1-3H3/t11-,13+/m0/s1. The van der Waals surface area contributed by atoms with Crippen LogP contribution in [0.3, 0.4) is 0 Å². The van der Waals surface area contributed by atoms with E-state index in [-0.39, 0.29) is 17.9 Å². The Kier molecular flexibility index (Phi) is 3.48. The highest BCUT2D eigenvalue weighted by atomic mass is 16.7. The molecule has 0 bridgehead atoms. The number of benzene rings is 1. The Morgan fingerprint density at radius 3 is 2.53 bits per heavy atom. The van der Waals surface area contributed by atoms with Gasteiger partial charge in [0.2, 0.25) is 0 Å². The fourth-order valence-electron chi connectivity index (χ4n) is 2.46. The van der Waals surface area contributed by atoms with Gasteiger partial charge in [0.05, 0.1) is 18.5 Å². The molecule has 0 aromatic heterocycles. The Morgan fingerprint density at radius 1 is 1.29 bits per heavy atom. The first kappa shape index (κ1) is 12.1. The minimum Gasteiger partial charge on any atom is -0.367 e. The van der Waals surface area contributed by atoms with Crippen molar-refractivity contribution in [2.24, 2.45) is 11.8 Å². The summed E-state index contributed by atoms with van der Waals surface area (Å²) >= 11 is 0. The van der Waals surface area contributed by atoms with Gasteiger partial charge in [-0.15, -0.1) is 5.06 Å². The smallest absolute Gasteiger partial charge is 0.329 e. The molecule has 0 spiro atoms. The van der Waals surface area contributed by atoms with Crippen LogP contribution in [0.2, 0.25) is 0 Å². The van der Waals surface area contributed by atoms with E-state index in [1.54, 1.807) is 0 Å².